The number of primary amides is 1. The first kappa shape index (κ1) is 6.35. The monoisotopic (exact) mass is 130 g/mol. The third-order valence-corrected chi connectivity index (χ3v) is 1.41. The molecule has 4 N–H and O–H groups in total. The van der Waals surface area contributed by atoms with Crippen molar-refractivity contribution in [2.75, 3.05) is 0 Å². The highest BCUT2D eigenvalue weighted by Gasteiger charge is 2.28. The summed E-state index contributed by atoms with van der Waals surface area (Å²) in [6.45, 7) is 0. The zero-order chi connectivity index (χ0) is 6.85. The molecule has 0 aromatic carbocycles. The van der Waals surface area contributed by atoms with E-state index in [9.17, 15) is 4.79 Å². The normalized spacial score (nSPS) is 33.0. The molecule has 0 aliphatic heterocycles. The van der Waals surface area contributed by atoms with Gasteiger partial charge >= 0.3 is 6.09 Å². The summed E-state index contributed by atoms with van der Waals surface area (Å²) in [5.41, 5.74) is 10.2. The molecule has 0 bridgehead atoms. The quantitative estimate of drug-likeness (QED) is 0.505. The van der Waals surface area contributed by atoms with Crippen molar-refractivity contribution < 1.29 is 9.53 Å². The van der Waals surface area contributed by atoms with E-state index < -0.39 is 6.09 Å². The van der Waals surface area contributed by atoms with Crippen LogP contribution in [0.1, 0.15) is 12.8 Å². The first-order chi connectivity index (χ1) is 4.18. The van der Waals surface area contributed by atoms with Crippen molar-refractivity contribution in [3.8, 4) is 0 Å². The molecule has 9 heavy (non-hydrogen) atoms. The van der Waals surface area contributed by atoms with E-state index in [2.05, 4.69) is 4.74 Å². The van der Waals surface area contributed by atoms with Crippen molar-refractivity contribution in [1.82, 2.24) is 0 Å². The molecular weight excluding hydrogens is 120 g/mol. The summed E-state index contributed by atoms with van der Waals surface area (Å²) in [5.74, 6) is 0. The van der Waals surface area contributed by atoms with Crippen LogP contribution in [0.2, 0.25) is 0 Å². The van der Waals surface area contributed by atoms with Crippen LogP contribution in [0.15, 0.2) is 0 Å². The molecule has 1 aliphatic carbocycles. The lowest BCUT2D eigenvalue weighted by molar-refractivity contribution is 0.0473. The molecule has 0 radical (unpaired) electrons. The first-order valence-corrected chi connectivity index (χ1v) is 2.90. The number of ether oxygens (including phenoxy) is 1. The third kappa shape index (κ3) is 1.57. The van der Waals surface area contributed by atoms with Crippen LogP contribution < -0.4 is 11.5 Å². The van der Waals surface area contributed by atoms with E-state index in [1.807, 2.05) is 0 Å². The second-order valence-corrected chi connectivity index (χ2v) is 2.29. The molecule has 0 saturated heterocycles. The van der Waals surface area contributed by atoms with E-state index in [-0.39, 0.29) is 12.1 Å². The summed E-state index contributed by atoms with van der Waals surface area (Å²) in [4.78, 5) is 10.1. The van der Waals surface area contributed by atoms with Crippen molar-refractivity contribution in [2.24, 2.45) is 11.5 Å². The Morgan fingerprint density at radius 3 is 2.44 bits per heavy atom. The van der Waals surface area contributed by atoms with Gasteiger partial charge in [-0.3, -0.25) is 0 Å². The van der Waals surface area contributed by atoms with E-state index in [1.165, 1.54) is 0 Å². The fourth-order valence-corrected chi connectivity index (χ4v) is 0.867. The molecule has 1 saturated carbocycles. The average Bonchev–Trinajstić information content (AvgIpc) is 1.60. The number of hydrogen-bond acceptors (Lipinski definition) is 3. The third-order valence-electron chi connectivity index (χ3n) is 1.41. The summed E-state index contributed by atoms with van der Waals surface area (Å²) in [5, 5.41) is 0. The topological polar surface area (TPSA) is 78.3 Å². The lowest BCUT2D eigenvalue weighted by Crippen LogP contribution is -2.43. The minimum atomic E-state index is -0.702. The second-order valence-electron chi connectivity index (χ2n) is 2.29. The lowest BCUT2D eigenvalue weighted by Gasteiger charge is -2.30. The van der Waals surface area contributed by atoms with Crippen LogP contribution in [0, 0.1) is 0 Å². The summed E-state index contributed by atoms with van der Waals surface area (Å²) < 4.78 is 4.62. The first-order valence-electron chi connectivity index (χ1n) is 2.90. The number of carbonyl (C=O) groups is 1. The van der Waals surface area contributed by atoms with Crippen LogP contribution in [0.5, 0.6) is 0 Å². The van der Waals surface area contributed by atoms with Gasteiger partial charge in [-0.05, 0) is 12.8 Å². The minimum Gasteiger partial charge on any atom is -0.446 e. The summed E-state index contributed by atoms with van der Waals surface area (Å²) in [6, 6.07) is 0.203. The van der Waals surface area contributed by atoms with Crippen LogP contribution >= 0.6 is 0 Å². The smallest absolute Gasteiger partial charge is 0.404 e. The van der Waals surface area contributed by atoms with E-state index in [0.29, 0.717) is 0 Å². The summed E-state index contributed by atoms with van der Waals surface area (Å²) >= 11 is 0. The fraction of sp³-hybridized carbons (Fsp3) is 0.800. The highest BCUT2D eigenvalue weighted by atomic mass is 16.6. The lowest BCUT2D eigenvalue weighted by atomic mass is 9.90. The van der Waals surface area contributed by atoms with Crippen molar-refractivity contribution >= 4 is 6.09 Å². The number of rotatable bonds is 1. The van der Waals surface area contributed by atoms with Gasteiger partial charge in [-0.15, -0.1) is 0 Å². The van der Waals surface area contributed by atoms with Crippen LogP contribution in [-0.2, 0) is 4.74 Å². The largest absolute Gasteiger partial charge is 0.446 e. The molecule has 0 heterocycles. The van der Waals surface area contributed by atoms with Crippen LogP contribution in [0.3, 0.4) is 0 Å². The standard InChI is InChI=1S/C5H10N2O2/c6-3-1-4(2-3)9-5(7)8/h3-4H,1-2,6H2,(H2,7,8)/t3-,4-. The number of hydrogen-bond donors (Lipinski definition) is 2. The van der Waals surface area contributed by atoms with E-state index in [1.54, 1.807) is 0 Å². The molecule has 4 heteroatoms. The number of carbonyl (C=O) groups excluding carboxylic acids is 1. The SMILES string of the molecule is NC(=O)O[C@H]1C[C@H](N)C1. The van der Waals surface area contributed by atoms with E-state index in [0.717, 1.165) is 12.8 Å². The van der Waals surface area contributed by atoms with Crippen LogP contribution in [0.25, 0.3) is 0 Å². The summed E-state index contributed by atoms with van der Waals surface area (Å²) in [7, 11) is 0. The Bertz CT molecular complexity index is 120. The molecular formula is C5H10N2O2. The van der Waals surface area contributed by atoms with Crippen LogP contribution in [0.4, 0.5) is 4.79 Å². The maximum Gasteiger partial charge on any atom is 0.404 e. The van der Waals surface area contributed by atoms with Gasteiger partial charge in [0, 0.05) is 6.04 Å². The van der Waals surface area contributed by atoms with Crippen LogP contribution in [-0.4, -0.2) is 18.2 Å². The van der Waals surface area contributed by atoms with Gasteiger partial charge < -0.3 is 16.2 Å². The summed E-state index contributed by atoms with van der Waals surface area (Å²) in [6.07, 6.45) is 0.788. The number of amides is 1. The minimum absolute atomic E-state index is 0.0162. The molecule has 0 aromatic rings. The van der Waals surface area contributed by atoms with Gasteiger partial charge in [0.15, 0.2) is 0 Å². The Hall–Kier alpha value is -0.770. The van der Waals surface area contributed by atoms with Gasteiger partial charge in [0.1, 0.15) is 6.10 Å². The maximum absolute atomic E-state index is 10.1. The Labute approximate surface area is 53.1 Å². The van der Waals surface area contributed by atoms with Gasteiger partial charge in [0.05, 0.1) is 0 Å². The molecule has 0 unspecified atom stereocenters. The van der Waals surface area contributed by atoms with E-state index >= 15 is 0 Å². The van der Waals surface area contributed by atoms with Gasteiger partial charge in [-0.1, -0.05) is 0 Å². The van der Waals surface area contributed by atoms with E-state index in [4.69, 9.17) is 11.5 Å². The predicted molar refractivity (Wildman–Crippen MR) is 31.7 cm³/mol. The van der Waals surface area contributed by atoms with Gasteiger partial charge in [0.25, 0.3) is 0 Å². The highest BCUT2D eigenvalue weighted by molar-refractivity contribution is 5.64. The maximum atomic E-state index is 10.1. The molecule has 1 amide bonds. The average molecular weight is 130 g/mol. The highest BCUT2D eigenvalue weighted by Crippen LogP contribution is 2.20. The van der Waals surface area contributed by atoms with Gasteiger partial charge in [-0.2, -0.15) is 0 Å². The van der Waals surface area contributed by atoms with Gasteiger partial charge in [-0.25, -0.2) is 4.79 Å². The molecule has 4 nitrogen and oxygen atoms in total. The molecule has 0 aromatic heterocycles. The van der Waals surface area contributed by atoms with Crippen molar-refractivity contribution in [1.29, 1.82) is 0 Å². The Morgan fingerprint density at radius 1 is 1.56 bits per heavy atom. The van der Waals surface area contributed by atoms with Crippen molar-refractivity contribution in [2.45, 2.75) is 25.0 Å². The molecule has 0 spiro atoms. The molecule has 0 atom stereocenters. The fourth-order valence-electron chi connectivity index (χ4n) is 0.867. The van der Waals surface area contributed by atoms with Crippen molar-refractivity contribution in [3.63, 3.8) is 0 Å². The zero-order valence-corrected chi connectivity index (χ0v) is 5.04. The predicted octanol–water partition coefficient (Wildman–Crippen LogP) is -0.429. The molecule has 1 aliphatic rings. The Morgan fingerprint density at radius 2 is 2.11 bits per heavy atom. The second kappa shape index (κ2) is 2.23. The molecule has 52 valence electrons. The molecule has 1 fully saturated rings. The Kier molecular flexibility index (Phi) is 1.57. The molecule has 1 rings (SSSR count). The van der Waals surface area contributed by atoms with Gasteiger partial charge in [0.2, 0.25) is 0 Å². The number of nitrogens with two attached hydrogens (primary N) is 2. The zero-order valence-electron chi connectivity index (χ0n) is 5.04. The van der Waals surface area contributed by atoms with Crippen molar-refractivity contribution in [3.05, 3.63) is 0 Å². The Balaban J connectivity index is 2.11.